The van der Waals surface area contributed by atoms with Crippen molar-refractivity contribution >= 4 is 17.4 Å². The van der Waals surface area contributed by atoms with Crippen LogP contribution in [0.2, 0.25) is 0 Å². The molecule has 8 heteroatoms. The monoisotopic (exact) mass is 509 g/mol. The summed E-state index contributed by atoms with van der Waals surface area (Å²) in [5.41, 5.74) is 1.17. The van der Waals surface area contributed by atoms with Gasteiger partial charge in [0.2, 0.25) is 0 Å². The van der Waals surface area contributed by atoms with Gasteiger partial charge in [-0.25, -0.2) is 0 Å². The molecule has 0 radical (unpaired) electrons. The highest BCUT2D eigenvalue weighted by Crippen LogP contribution is 2.42. The lowest BCUT2D eigenvalue weighted by Gasteiger charge is -2.28. The van der Waals surface area contributed by atoms with E-state index in [1.165, 1.54) is 12.4 Å². The minimum atomic E-state index is -0.757. The Kier molecular flexibility index (Phi) is 10.1. The number of pyridine rings is 1. The average Bonchev–Trinajstić information content (AvgIpc) is 3.15. The van der Waals surface area contributed by atoms with E-state index in [1.54, 1.807) is 17.0 Å². The van der Waals surface area contributed by atoms with E-state index in [-0.39, 0.29) is 11.3 Å². The van der Waals surface area contributed by atoms with E-state index in [0.717, 1.165) is 19.5 Å². The number of aromatic nitrogens is 1. The highest BCUT2D eigenvalue weighted by Gasteiger charge is 2.46. The SMILES string of the molecule is CCOc1cc(C2C(=C(O)c3ccncc3)C(=O)C(=O)N2CCN(CC)CC)ccc1OCCC(C)C. The number of nitrogens with zero attached hydrogens (tertiary/aromatic N) is 3. The number of Topliss-reactive ketones (excluding diaryl/α,β-unsaturated/α-hetero) is 1. The largest absolute Gasteiger partial charge is 0.507 e. The lowest BCUT2D eigenvalue weighted by molar-refractivity contribution is -0.140. The van der Waals surface area contributed by atoms with Gasteiger partial charge in [0.1, 0.15) is 5.76 Å². The van der Waals surface area contributed by atoms with Crippen molar-refractivity contribution in [3.8, 4) is 11.5 Å². The smallest absolute Gasteiger partial charge is 0.295 e. The second kappa shape index (κ2) is 13.2. The fourth-order valence-corrected chi connectivity index (χ4v) is 4.40. The molecule has 37 heavy (non-hydrogen) atoms. The lowest BCUT2D eigenvalue weighted by Crippen LogP contribution is -2.38. The van der Waals surface area contributed by atoms with Crippen LogP contribution in [0, 0.1) is 5.92 Å². The van der Waals surface area contributed by atoms with Crippen molar-refractivity contribution in [1.82, 2.24) is 14.8 Å². The summed E-state index contributed by atoms with van der Waals surface area (Å²) in [6.07, 6.45) is 3.98. The Bertz CT molecular complexity index is 1100. The molecule has 1 unspecified atom stereocenters. The highest BCUT2D eigenvalue weighted by molar-refractivity contribution is 6.46. The number of hydrogen-bond acceptors (Lipinski definition) is 7. The van der Waals surface area contributed by atoms with E-state index in [4.69, 9.17) is 9.47 Å². The number of aliphatic hydroxyl groups is 1. The molecule has 1 aliphatic rings. The number of rotatable bonds is 13. The topological polar surface area (TPSA) is 92.2 Å². The standard InChI is InChI=1S/C29H39N3O5/c1-6-31(7-2)16-17-32-26(25(28(34)29(32)35)27(33)21-11-14-30-15-12-21)22-9-10-23(24(19-22)36-8-3)37-18-13-20(4)5/h9-12,14-15,19-20,26,33H,6-8,13,16-18H2,1-5H3. The van der Waals surface area contributed by atoms with E-state index in [2.05, 4.69) is 37.6 Å². The average molecular weight is 510 g/mol. The van der Waals surface area contributed by atoms with Crippen LogP contribution in [0.15, 0.2) is 48.3 Å². The first-order valence-electron chi connectivity index (χ1n) is 13.1. The molecule has 1 atom stereocenters. The van der Waals surface area contributed by atoms with Gasteiger partial charge in [0.15, 0.2) is 11.5 Å². The summed E-state index contributed by atoms with van der Waals surface area (Å²) in [5.74, 6) is 0.124. The number of benzene rings is 1. The number of ketones is 1. The van der Waals surface area contributed by atoms with Crippen molar-refractivity contribution in [3.63, 3.8) is 0 Å². The molecule has 0 aliphatic carbocycles. The molecule has 1 aliphatic heterocycles. The van der Waals surface area contributed by atoms with Crippen molar-refractivity contribution < 1.29 is 24.2 Å². The minimum Gasteiger partial charge on any atom is -0.507 e. The molecule has 3 rings (SSSR count). The molecular weight excluding hydrogens is 470 g/mol. The zero-order chi connectivity index (χ0) is 26.9. The van der Waals surface area contributed by atoms with Gasteiger partial charge in [0.25, 0.3) is 11.7 Å². The van der Waals surface area contributed by atoms with Crippen molar-refractivity contribution in [2.45, 2.75) is 47.1 Å². The van der Waals surface area contributed by atoms with Crippen LogP contribution in [0.25, 0.3) is 5.76 Å². The lowest BCUT2D eigenvalue weighted by atomic mass is 9.95. The van der Waals surface area contributed by atoms with Crippen LogP contribution in [0.5, 0.6) is 11.5 Å². The van der Waals surface area contributed by atoms with E-state index >= 15 is 0 Å². The molecular formula is C29H39N3O5. The fourth-order valence-electron chi connectivity index (χ4n) is 4.40. The Morgan fingerprint density at radius 2 is 1.76 bits per heavy atom. The van der Waals surface area contributed by atoms with Gasteiger partial charge >= 0.3 is 0 Å². The Morgan fingerprint density at radius 1 is 1.05 bits per heavy atom. The molecule has 1 amide bonds. The molecule has 1 saturated heterocycles. The van der Waals surface area contributed by atoms with Crippen LogP contribution >= 0.6 is 0 Å². The van der Waals surface area contributed by atoms with Crippen LogP contribution in [0.3, 0.4) is 0 Å². The molecule has 2 aromatic rings. The number of likely N-dealkylation sites (N-methyl/N-ethyl adjacent to an activating group) is 1. The first kappa shape index (κ1) is 28.2. The molecule has 200 valence electrons. The minimum absolute atomic E-state index is 0.0617. The Hall–Kier alpha value is -3.39. The molecule has 1 aromatic carbocycles. The van der Waals surface area contributed by atoms with E-state index in [9.17, 15) is 14.7 Å². The van der Waals surface area contributed by atoms with Gasteiger partial charge in [-0.15, -0.1) is 0 Å². The molecule has 8 nitrogen and oxygen atoms in total. The predicted octanol–water partition coefficient (Wildman–Crippen LogP) is 4.67. The predicted molar refractivity (Wildman–Crippen MR) is 144 cm³/mol. The Balaban J connectivity index is 2.08. The third-order valence-electron chi connectivity index (χ3n) is 6.58. The summed E-state index contributed by atoms with van der Waals surface area (Å²) in [6, 6.07) is 7.95. The van der Waals surface area contributed by atoms with Gasteiger partial charge in [-0.2, -0.15) is 0 Å². The third-order valence-corrected chi connectivity index (χ3v) is 6.58. The van der Waals surface area contributed by atoms with E-state index in [0.29, 0.717) is 54.8 Å². The summed E-state index contributed by atoms with van der Waals surface area (Å²) < 4.78 is 11.9. The maximum atomic E-state index is 13.3. The van der Waals surface area contributed by atoms with Crippen molar-refractivity contribution in [2.24, 2.45) is 5.92 Å². The number of ether oxygens (including phenoxy) is 2. The van der Waals surface area contributed by atoms with E-state index in [1.807, 2.05) is 25.1 Å². The van der Waals surface area contributed by atoms with Gasteiger partial charge in [-0.05, 0) is 62.2 Å². The fraction of sp³-hybridized carbons (Fsp3) is 0.483. The number of likely N-dealkylation sites (tertiary alicyclic amines) is 1. The molecule has 1 N–H and O–H groups in total. The molecule has 2 heterocycles. The van der Waals surface area contributed by atoms with Crippen LogP contribution in [-0.4, -0.2) is 71.0 Å². The maximum absolute atomic E-state index is 13.3. The Labute approximate surface area is 219 Å². The number of amides is 1. The first-order chi connectivity index (χ1) is 17.8. The molecule has 0 saturated carbocycles. The first-order valence-corrected chi connectivity index (χ1v) is 13.1. The number of aliphatic hydroxyl groups excluding tert-OH is 1. The van der Waals surface area contributed by atoms with Crippen molar-refractivity contribution in [3.05, 3.63) is 59.4 Å². The van der Waals surface area contributed by atoms with Gasteiger partial charge in [0, 0.05) is 31.0 Å². The zero-order valence-corrected chi connectivity index (χ0v) is 22.6. The number of carbonyl (C=O) groups excluding carboxylic acids is 2. The second-order valence-corrected chi connectivity index (χ2v) is 9.43. The van der Waals surface area contributed by atoms with Crippen molar-refractivity contribution in [1.29, 1.82) is 0 Å². The second-order valence-electron chi connectivity index (χ2n) is 9.43. The molecule has 1 fully saturated rings. The summed E-state index contributed by atoms with van der Waals surface area (Å²) >= 11 is 0. The number of hydrogen-bond donors (Lipinski definition) is 1. The quantitative estimate of drug-likeness (QED) is 0.238. The van der Waals surface area contributed by atoms with Crippen LogP contribution in [0.1, 0.15) is 58.2 Å². The van der Waals surface area contributed by atoms with Gasteiger partial charge < -0.3 is 24.4 Å². The summed E-state index contributed by atoms with van der Waals surface area (Å²) in [5, 5.41) is 11.2. The zero-order valence-electron chi connectivity index (χ0n) is 22.6. The van der Waals surface area contributed by atoms with Crippen LogP contribution in [0.4, 0.5) is 0 Å². The maximum Gasteiger partial charge on any atom is 0.295 e. The summed E-state index contributed by atoms with van der Waals surface area (Å²) in [7, 11) is 0. The van der Waals surface area contributed by atoms with E-state index < -0.39 is 17.7 Å². The third kappa shape index (κ3) is 6.68. The highest BCUT2D eigenvalue weighted by atomic mass is 16.5. The summed E-state index contributed by atoms with van der Waals surface area (Å²) in [4.78, 5) is 34.3. The normalized spacial score (nSPS) is 17.2. The molecule has 0 spiro atoms. The van der Waals surface area contributed by atoms with Crippen LogP contribution in [-0.2, 0) is 9.59 Å². The van der Waals surface area contributed by atoms with Crippen LogP contribution < -0.4 is 9.47 Å². The van der Waals surface area contributed by atoms with Gasteiger partial charge in [-0.1, -0.05) is 33.8 Å². The summed E-state index contributed by atoms with van der Waals surface area (Å²) in [6.45, 7) is 13.9. The molecule has 0 bridgehead atoms. The number of carbonyl (C=O) groups is 2. The Morgan fingerprint density at radius 3 is 2.38 bits per heavy atom. The van der Waals surface area contributed by atoms with Gasteiger partial charge in [-0.3, -0.25) is 14.6 Å². The van der Waals surface area contributed by atoms with Crippen molar-refractivity contribution in [2.75, 3.05) is 39.4 Å². The molecule has 1 aromatic heterocycles. The van der Waals surface area contributed by atoms with Gasteiger partial charge in [0.05, 0.1) is 24.8 Å².